The molecule has 0 fully saturated rings. The van der Waals surface area contributed by atoms with Crippen LogP contribution in [0.4, 0.5) is 0 Å². The summed E-state index contributed by atoms with van der Waals surface area (Å²) in [7, 11) is 0. The molecule has 0 saturated carbocycles. The molecule has 0 nitrogen and oxygen atoms in total. The second kappa shape index (κ2) is 3.07. The summed E-state index contributed by atoms with van der Waals surface area (Å²) in [6.07, 6.45) is 0. The van der Waals surface area contributed by atoms with Crippen LogP contribution in [0.2, 0.25) is 0 Å². The summed E-state index contributed by atoms with van der Waals surface area (Å²) in [6.45, 7) is 0. The summed E-state index contributed by atoms with van der Waals surface area (Å²) in [4.78, 5) is 0. The Morgan fingerprint density at radius 2 is 1.57 bits per heavy atom. The highest BCUT2D eigenvalue weighted by atomic mass is 127. The van der Waals surface area contributed by atoms with Crippen molar-refractivity contribution in [1.29, 1.82) is 0 Å². The second-order valence-corrected chi connectivity index (χ2v) is 5.21. The maximum Gasteiger partial charge on any atom is 0.0394 e. The van der Waals surface area contributed by atoms with Gasteiger partial charge in [-0.25, -0.2) is 0 Å². The van der Waals surface area contributed by atoms with E-state index in [9.17, 15) is 0 Å². The molecule has 1 aliphatic carbocycles. The highest BCUT2D eigenvalue weighted by molar-refractivity contribution is 14.1. The SMILES string of the molecule is BrC1=C(I)c2cccc3cccc1c23. The Balaban J connectivity index is 2.59. The maximum absolute atomic E-state index is 3.65. The summed E-state index contributed by atoms with van der Waals surface area (Å²) in [5.74, 6) is 0. The van der Waals surface area contributed by atoms with Gasteiger partial charge in [0.2, 0.25) is 0 Å². The van der Waals surface area contributed by atoms with Gasteiger partial charge in [0.25, 0.3) is 0 Å². The highest BCUT2D eigenvalue weighted by Crippen LogP contribution is 2.47. The summed E-state index contributed by atoms with van der Waals surface area (Å²) < 4.78 is 2.54. The number of benzene rings is 2. The Morgan fingerprint density at radius 1 is 0.929 bits per heavy atom. The monoisotopic (exact) mass is 356 g/mol. The van der Waals surface area contributed by atoms with Crippen LogP contribution in [-0.4, -0.2) is 0 Å². The number of rotatable bonds is 0. The summed E-state index contributed by atoms with van der Waals surface area (Å²) >= 11 is 6.05. The second-order valence-electron chi connectivity index (χ2n) is 3.34. The lowest BCUT2D eigenvalue weighted by molar-refractivity contribution is 1.72. The van der Waals surface area contributed by atoms with Gasteiger partial charge in [-0.2, -0.15) is 0 Å². The van der Waals surface area contributed by atoms with Crippen molar-refractivity contribution >= 4 is 57.4 Å². The standard InChI is InChI=1S/C12H6BrI/c13-11-8-5-1-3-7-4-2-6-9(10(7)8)12(11)14/h1-6H. The van der Waals surface area contributed by atoms with E-state index in [1.807, 2.05) is 0 Å². The largest absolute Gasteiger partial charge is 0.0610 e. The van der Waals surface area contributed by atoms with Crippen LogP contribution >= 0.6 is 38.5 Å². The third-order valence-corrected chi connectivity index (χ3v) is 5.26. The van der Waals surface area contributed by atoms with Gasteiger partial charge in [-0.05, 0) is 60.4 Å². The molecule has 0 amide bonds. The van der Waals surface area contributed by atoms with Crippen LogP contribution in [0.5, 0.6) is 0 Å². The minimum Gasteiger partial charge on any atom is -0.0610 e. The minimum atomic E-state index is 1.23. The molecule has 0 spiro atoms. The maximum atomic E-state index is 3.65. The first-order valence-electron chi connectivity index (χ1n) is 4.37. The Morgan fingerprint density at radius 3 is 2.29 bits per heavy atom. The fourth-order valence-electron chi connectivity index (χ4n) is 1.94. The smallest absolute Gasteiger partial charge is 0.0394 e. The van der Waals surface area contributed by atoms with E-state index in [-0.39, 0.29) is 0 Å². The van der Waals surface area contributed by atoms with Crippen molar-refractivity contribution in [3.63, 3.8) is 0 Å². The molecule has 2 heteroatoms. The molecule has 68 valence electrons. The first-order chi connectivity index (χ1) is 6.79. The molecule has 0 aliphatic heterocycles. The van der Waals surface area contributed by atoms with E-state index in [1.165, 1.54) is 30.0 Å². The van der Waals surface area contributed by atoms with Gasteiger partial charge in [0.05, 0.1) is 0 Å². The van der Waals surface area contributed by atoms with Crippen LogP contribution in [0.25, 0.3) is 18.8 Å². The Labute approximate surface area is 104 Å². The molecule has 0 unspecified atom stereocenters. The van der Waals surface area contributed by atoms with E-state index in [0.717, 1.165) is 0 Å². The van der Waals surface area contributed by atoms with Crippen molar-refractivity contribution < 1.29 is 0 Å². The third-order valence-electron chi connectivity index (χ3n) is 2.57. The molecule has 0 radical (unpaired) electrons. The molecule has 0 aromatic heterocycles. The molecule has 2 aromatic rings. The van der Waals surface area contributed by atoms with Crippen molar-refractivity contribution in [3.05, 3.63) is 47.5 Å². The van der Waals surface area contributed by atoms with E-state index < -0.39 is 0 Å². The first-order valence-corrected chi connectivity index (χ1v) is 6.24. The van der Waals surface area contributed by atoms with Crippen molar-refractivity contribution in [2.24, 2.45) is 0 Å². The first kappa shape index (κ1) is 8.92. The summed E-state index contributed by atoms with van der Waals surface area (Å²) in [6, 6.07) is 12.9. The van der Waals surface area contributed by atoms with E-state index in [1.54, 1.807) is 0 Å². The van der Waals surface area contributed by atoms with Gasteiger partial charge in [-0.1, -0.05) is 36.4 Å². The van der Waals surface area contributed by atoms with E-state index >= 15 is 0 Å². The lowest BCUT2D eigenvalue weighted by Gasteiger charge is -2.00. The van der Waals surface area contributed by atoms with E-state index in [0.29, 0.717) is 0 Å². The molecular weight excluding hydrogens is 351 g/mol. The quantitative estimate of drug-likeness (QED) is 0.594. The van der Waals surface area contributed by atoms with Crippen LogP contribution < -0.4 is 0 Å². The van der Waals surface area contributed by atoms with Crippen LogP contribution in [0.15, 0.2) is 36.4 Å². The van der Waals surface area contributed by atoms with E-state index in [2.05, 4.69) is 74.9 Å². The molecule has 0 atom stereocenters. The molecule has 14 heavy (non-hydrogen) atoms. The fourth-order valence-corrected chi connectivity index (χ4v) is 3.23. The van der Waals surface area contributed by atoms with Gasteiger partial charge in [-0.3, -0.25) is 0 Å². The van der Waals surface area contributed by atoms with Crippen molar-refractivity contribution in [3.8, 4) is 0 Å². The van der Waals surface area contributed by atoms with Crippen LogP contribution in [0, 0.1) is 0 Å². The summed E-state index contributed by atoms with van der Waals surface area (Å²) in [5.41, 5.74) is 2.67. The zero-order valence-corrected chi connectivity index (χ0v) is 11.0. The summed E-state index contributed by atoms with van der Waals surface area (Å²) in [5, 5.41) is 2.70. The molecular formula is C12H6BrI. The topological polar surface area (TPSA) is 0 Å². The van der Waals surface area contributed by atoms with Crippen molar-refractivity contribution in [2.75, 3.05) is 0 Å². The fraction of sp³-hybridized carbons (Fsp3) is 0. The Hall–Kier alpha value is -0.350. The third kappa shape index (κ3) is 1.04. The molecule has 0 saturated heterocycles. The Bertz CT molecular complexity index is 523. The molecule has 1 aliphatic rings. The lowest BCUT2D eigenvalue weighted by Crippen LogP contribution is -1.77. The van der Waals surface area contributed by atoms with Crippen LogP contribution in [0.3, 0.4) is 0 Å². The number of hydrogen-bond donors (Lipinski definition) is 0. The van der Waals surface area contributed by atoms with Gasteiger partial charge < -0.3 is 0 Å². The van der Waals surface area contributed by atoms with Gasteiger partial charge in [0.1, 0.15) is 0 Å². The van der Waals surface area contributed by atoms with Gasteiger partial charge >= 0.3 is 0 Å². The van der Waals surface area contributed by atoms with Crippen LogP contribution in [-0.2, 0) is 0 Å². The predicted octanol–water partition coefficient (Wildman–Crippen LogP) is 4.81. The van der Waals surface area contributed by atoms with Crippen molar-refractivity contribution in [2.45, 2.75) is 0 Å². The molecule has 0 N–H and O–H groups in total. The molecule has 3 rings (SSSR count). The van der Waals surface area contributed by atoms with Crippen LogP contribution in [0.1, 0.15) is 11.1 Å². The van der Waals surface area contributed by atoms with Crippen molar-refractivity contribution in [1.82, 2.24) is 0 Å². The molecule has 0 heterocycles. The van der Waals surface area contributed by atoms with Gasteiger partial charge in [0.15, 0.2) is 0 Å². The minimum absolute atomic E-state index is 1.23. The molecule has 0 bridgehead atoms. The zero-order valence-electron chi connectivity index (χ0n) is 7.22. The number of hydrogen-bond acceptors (Lipinski definition) is 0. The Kier molecular flexibility index (Phi) is 1.96. The highest BCUT2D eigenvalue weighted by Gasteiger charge is 2.19. The number of halogens is 2. The van der Waals surface area contributed by atoms with Gasteiger partial charge in [-0.15, -0.1) is 0 Å². The van der Waals surface area contributed by atoms with E-state index in [4.69, 9.17) is 0 Å². The predicted molar refractivity (Wildman–Crippen MR) is 73.7 cm³/mol. The average molecular weight is 357 g/mol. The average Bonchev–Trinajstić information content (AvgIpc) is 2.47. The van der Waals surface area contributed by atoms with Gasteiger partial charge in [0, 0.05) is 8.06 Å². The normalized spacial score (nSPS) is 14.1. The molecule has 2 aromatic carbocycles. The lowest BCUT2D eigenvalue weighted by atomic mass is 10.0. The zero-order chi connectivity index (χ0) is 9.71.